The molecule has 0 rings (SSSR count). The summed E-state index contributed by atoms with van der Waals surface area (Å²) in [5.74, 6) is 2.53. The van der Waals surface area contributed by atoms with Crippen LogP contribution in [0.5, 0.6) is 0 Å². The molecule has 0 radical (unpaired) electrons. The molecular formula is C37H72O2. The topological polar surface area (TPSA) is 26.3 Å². The van der Waals surface area contributed by atoms with Crippen molar-refractivity contribution < 1.29 is 9.53 Å². The first kappa shape index (κ1) is 38.2. The summed E-state index contributed by atoms with van der Waals surface area (Å²) in [5.41, 5.74) is 1.37. The highest BCUT2D eigenvalue weighted by Crippen LogP contribution is 2.22. The molecule has 0 heterocycles. The number of esters is 1. The molecule has 0 N–H and O–H groups in total. The van der Waals surface area contributed by atoms with Gasteiger partial charge in [-0.05, 0) is 50.0 Å². The SMILES string of the molecule is CCCCCCCCCCCCCCCCC(=O)OC/C=C(\C)CCCC(C)CCCC(C)CCCC(C)C. The Morgan fingerprint density at radius 2 is 1.00 bits per heavy atom. The van der Waals surface area contributed by atoms with E-state index in [2.05, 4.69) is 47.6 Å². The second-order valence-corrected chi connectivity index (χ2v) is 13.4. The third kappa shape index (κ3) is 30.0. The van der Waals surface area contributed by atoms with Gasteiger partial charge in [-0.1, -0.05) is 169 Å². The van der Waals surface area contributed by atoms with Crippen LogP contribution in [0.4, 0.5) is 0 Å². The van der Waals surface area contributed by atoms with Gasteiger partial charge in [-0.2, -0.15) is 0 Å². The zero-order valence-electron chi connectivity index (χ0n) is 27.8. The van der Waals surface area contributed by atoms with Gasteiger partial charge in [0.05, 0.1) is 0 Å². The third-order valence-electron chi connectivity index (χ3n) is 8.55. The first-order chi connectivity index (χ1) is 18.8. The molecular weight excluding hydrogens is 476 g/mol. The van der Waals surface area contributed by atoms with Gasteiger partial charge in [0.25, 0.3) is 0 Å². The van der Waals surface area contributed by atoms with E-state index in [9.17, 15) is 4.79 Å². The molecule has 0 aromatic rings. The average Bonchev–Trinajstić information content (AvgIpc) is 2.88. The Morgan fingerprint density at radius 3 is 1.49 bits per heavy atom. The number of ether oxygens (including phenoxy) is 1. The van der Waals surface area contributed by atoms with Crippen LogP contribution < -0.4 is 0 Å². The Bertz CT molecular complexity index is 550. The average molecular weight is 549 g/mol. The lowest BCUT2D eigenvalue weighted by atomic mass is 9.91. The van der Waals surface area contributed by atoms with E-state index in [0.29, 0.717) is 13.0 Å². The summed E-state index contributed by atoms with van der Waals surface area (Å²) in [4.78, 5) is 12.0. The van der Waals surface area contributed by atoms with E-state index in [-0.39, 0.29) is 5.97 Å². The highest BCUT2D eigenvalue weighted by Gasteiger charge is 2.07. The van der Waals surface area contributed by atoms with Crippen LogP contribution in [0, 0.1) is 17.8 Å². The highest BCUT2D eigenvalue weighted by atomic mass is 16.5. The minimum absolute atomic E-state index is 0.0231. The van der Waals surface area contributed by atoms with E-state index in [1.165, 1.54) is 134 Å². The zero-order chi connectivity index (χ0) is 29.0. The Kier molecular flexibility index (Phi) is 28.1. The van der Waals surface area contributed by atoms with E-state index in [4.69, 9.17) is 4.74 Å². The van der Waals surface area contributed by atoms with Gasteiger partial charge in [0.2, 0.25) is 0 Å². The Balaban J connectivity index is 3.54. The number of hydrogen-bond donors (Lipinski definition) is 0. The number of allylic oxidation sites excluding steroid dienone is 1. The molecule has 0 fully saturated rings. The molecule has 0 spiro atoms. The number of rotatable bonds is 29. The van der Waals surface area contributed by atoms with Gasteiger partial charge in [0.15, 0.2) is 0 Å². The van der Waals surface area contributed by atoms with Crippen LogP contribution in [0.3, 0.4) is 0 Å². The van der Waals surface area contributed by atoms with E-state index in [1.54, 1.807) is 0 Å². The molecule has 0 aromatic carbocycles. The molecule has 2 nitrogen and oxygen atoms in total. The number of unbranched alkanes of at least 4 members (excludes halogenated alkanes) is 13. The molecule has 0 aliphatic carbocycles. The monoisotopic (exact) mass is 549 g/mol. The second kappa shape index (κ2) is 28.7. The molecule has 0 aromatic heterocycles. The minimum atomic E-state index is -0.0231. The second-order valence-electron chi connectivity index (χ2n) is 13.4. The van der Waals surface area contributed by atoms with Gasteiger partial charge < -0.3 is 4.74 Å². The lowest BCUT2D eigenvalue weighted by Crippen LogP contribution is -2.04. The largest absolute Gasteiger partial charge is 0.461 e. The molecule has 0 saturated carbocycles. The van der Waals surface area contributed by atoms with Crippen molar-refractivity contribution in [2.75, 3.05) is 6.61 Å². The van der Waals surface area contributed by atoms with Crippen LogP contribution in [0.1, 0.15) is 196 Å². The van der Waals surface area contributed by atoms with Gasteiger partial charge >= 0.3 is 5.97 Å². The lowest BCUT2D eigenvalue weighted by molar-refractivity contribution is -0.142. The highest BCUT2D eigenvalue weighted by molar-refractivity contribution is 5.69. The Hall–Kier alpha value is -0.790. The summed E-state index contributed by atoms with van der Waals surface area (Å²) >= 11 is 0. The first-order valence-corrected chi connectivity index (χ1v) is 17.7. The van der Waals surface area contributed by atoms with E-state index in [0.717, 1.165) is 37.0 Å². The Morgan fingerprint density at radius 1 is 0.564 bits per heavy atom. The maximum Gasteiger partial charge on any atom is 0.306 e. The predicted octanol–water partition coefficient (Wildman–Crippen LogP) is 12.8. The molecule has 0 aliphatic heterocycles. The van der Waals surface area contributed by atoms with Crippen molar-refractivity contribution in [2.45, 2.75) is 196 Å². The number of carbonyl (C=O) groups excluding carboxylic acids is 1. The summed E-state index contributed by atoms with van der Waals surface area (Å²) < 4.78 is 5.45. The Labute approximate surface area is 246 Å². The van der Waals surface area contributed by atoms with Crippen molar-refractivity contribution in [1.82, 2.24) is 0 Å². The van der Waals surface area contributed by atoms with Crippen LogP contribution in [0.25, 0.3) is 0 Å². The first-order valence-electron chi connectivity index (χ1n) is 17.7. The quantitative estimate of drug-likeness (QED) is 0.0527. The van der Waals surface area contributed by atoms with Gasteiger partial charge in [0, 0.05) is 6.42 Å². The van der Waals surface area contributed by atoms with E-state index in [1.807, 2.05) is 0 Å². The van der Waals surface area contributed by atoms with Crippen LogP contribution in [-0.4, -0.2) is 12.6 Å². The smallest absolute Gasteiger partial charge is 0.306 e. The minimum Gasteiger partial charge on any atom is -0.461 e. The van der Waals surface area contributed by atoms with E-state index >= 15 is 0 Å². The van der Waals surface area contributed by atoms with Gasteiger partial charge in [0.1, 0.15) is 6.61 Å². The van der Waals surface area contributed by atoms with Crippen LogP contribution >= 0.6 is 0 Å². The molecule has 0 bridgehead atoms. The lowest BCUT2D eigenvalue weighted by Gasteiger charge is -2.15. The van der Waals surface area contributed by atoms with Crippen LogP contribution in [0.2, 0.25) is 0 Å². The normalized spacial score (nSPS) is 13.7. The maximum atomic E-state index is 12.0. The van der Waals surface area contributed by atoms with Crippen molar-refractivity contribution in [1.29, 1.82) is 0 Å². The zero-order valence-corrected chi connectivity index (χ0v) is 27.8. The molecule has 232 valence electrons. The predicted molar refractivity (Wildman–Crippen MR) is 174 cm³/mol. The summed E-state index contributed by atoms with van der Waals surface area (Å²) in [7, 11) is 0. The van der Waals surface area contributed by atoms with Gasteiger partial charge in [-0.25, -0.2) is 0 Å². The van der Waals surface area contributed by atoms with Crippen molar-refractivity contribution >= 4 is 5.97 Å². The number of hydrogen-bond acceptors (Lipinski definition) is 2. The fraction of sp³-hybridized carbons (Fsp3) is 0.919. The van der Waals surface area contributed by atoms with Crippen molar-refractivity contribution in [2.24, 2.45) is 17.8 Å². The van der Waals surface area contributed by atoms with Crippen molar-refractivity contribution in [3.63, 3.8) is 0 Å². The maximum absolute atomic E-state index is 12.0. The van der Waals surface area contributed by atoms with Gasteiger partial charge in [-0.3, -0.25) is 4.79 Å². The van der Waals surface area contributed by atoms with Crippen molar-refractivity contribution in [3.05, 3.63) is 11.6 Å². The third-order valence-corrected chi connectivity index (χ3v) is 8.55. The fourth-order valence-corrected chi connectivity index (χ4v) is 5.62. The summed E-state index contributed by atoms with van der Waals surface area (Å²) in [6, 6.07) is 0. The summed E-state index contributed by atoms with van der Waals surface area (Å²) in [6.45, 7) is 14.4. The summed E-state index contributed by atoms with van der Waals surface area (Å²) in [6.07, 6.45) is 33.5. The fourth-order valence-electron chi connectivity index (χ4n) is 5.62. The standard InChI is InChI=1S/C37H72O2/c1-7-8-9-10-11-12-13-14-15-16-17-18-19-20-30-37(38)39-32-31-36(6)29-23-28-35(5)27-22-26-34(4)25-21-24-33(2)3/h31,33-35H,7-30,32H2,1-6H3/b36-31+. The number of carbonyl (C=O) groups is 1. The van der Waals surface area contributed by atoms with Crippen LogP contribution in [0.15, 0.2) is 11.6 Å². The molecule has 0 amide bonds. The molecule has 0 aliphatic rings. The molecule has 0 saturated heterocycles. The van der Waals surface area contributed by atoms with Crippen molar-refractivity contribution in [3.8, 4) is 0 Å². The molecule has 2 atom stereocenters. The van der Waals surface area contributed by atoms with Gasteiger partial charge in [-0.15, -0.1) is 0 Å². The van der Waals surface area contributed by atoms with E-state index < -0.39 is 0 Å². The molecule has 2 unspecified atom stereocenters. The van der Waals surface area contributed by atoms with Crippen LogP contribution in [-0.2, 0) is 9.53 Å². The molecule has 39 heavy (non-hydrogen) atoms. The summed E-state index contributed by atoms with van der Waals surface area (Å²) in [5, 5.41) is 0. The molecule has 2 heteroatoms.